The molecular weight excluding hydrogens is 250 g/mol. The van der Waals surface area contributed by atoms with Gasteiger partial charge in [-0.3, -0.25) is 4.79 Å². The molecule has 1 N–H and O–H groups in total. The lowest BCUT2D eigenvalue weighted by molar-refractivity contribution is -0.133. The van der Waals surface area contributed by atoms with E-state index < -0.39 is 0 Å². The summed E-state index contributed by atoms with van der Waals surface area (Å²) in [5.41, 5.74) is 2.76. The highest BCUT2D eigenvalue weighted by Gasteiger charge is 2.24. The van der Waals surface area contributed by atoms with Gasteiger partial charge >= 0.3 is 0 Å². The van der Waals surface area contributed by atoms with Gasteiger partial charge in [0.25, 0.3) is 0 Å². The molecule has 0 saturated carbocycles. The third kappa shape index (κ3) is 3.02. The van der Waals surface area contributed by atoms with Crippen LogP contribution in [0, 0.1) is 0 Å². The second-order valence-electron chi connectivity index (χ2n) is 5.94. The van der Waals surface area contributed by atoms with Gasteiger partial charge in [0.15, 0.2) is 0 Å². The van der Waals surface area contributed by atoms with Crippen LogP contribution in [-0.2, 0) is 17.8 Å². The summed E-state index contributed by atoms with van der Waals surface area (Å²) in [6, 6.07) is 8.81. The Kier molecular flexibility index (Phi) is 4.03. The number of nitrogens with one attached hydrogen (secondary N) is 1. The van der Waals surface area contributed by atoms with Crippen molar-refractivity contribution in [2.24, 2.45) is 0 Å². The van der Waals surface area contributed by atoms with Crippen LogP contribution in [0.15, 0.2) is 24.3 Å². The van der Waals surface area contributed by atoms with Gasteiger partial charge in [-0.05, 0) is 24.6 Å². The summed E-state index contributed by atoms with van der Waals surface area (Å²) in [6.07, 6.45) is 1.59. The quantitative estimate of drug-likeness (QED) is 0.868. The first-order chi connectivity index (χ1) is 9.72. The molecule has 2 aliphatic rings. The van der Waals surface area contributed by atoms with E-state index in [1.165, 1.54) is 11.1 Å². The van der Waals surface area contributed by atoms with E-state index in [2.05, 4.69) is 41.5 Å². The molecule has 1 aromatic rings. The van der Waals surface area contributed by atoms with Crippen LogP contribution in [0.25, 0.3) is 0 Å². The molecule has 1 amide bonds. The van der Waals surface area contributed by atoms with Gasteiger partial charge in [-0.2, -0.15) is 0 Å². The van der Waals surface area contributed by atoms with Crippen molar-refractivity contribution in [3.63, 3.8) is 0 Å². The highest BCUT2D eigenvalue weighted by Crippen LogP contribution is 2.18. The van der Waals surface area contributed by atoms with E-state index in [9.17, 15) is 4.79 Å². The summed E-state index contributed by atoms with van der Waals surface area (Å²) in [6.45, 7) is 4.62. The number of carbonyl (C=O) groups is 1. The molecule has 0 aliphatic carbocycles. The standard InChI is InChI=1S/C16H23N3O/c1-18-6-8-19(9-7-18)16(20)11-15-10-13-4-2-3-5-14(13)12-17-15/h2-5,15,17H,6-12H2,1H3. The van der Waals surface area contributed by atoms with Crippen LogP contribution >= 0.6 is 0 Å². The van der Waals surface area contributed by atoms with Gasteiger partial charge < -0.3 is 15.1 Å². The van der Waals surface area contributed by atoms with Gasteiger partial charge in [0, 0.05) is 45.2 Å². The van der Waals surface area contributed by atoms with Crippen LogP contribution in [0.2, 0.25) is 0 Å². The Hall–Kier alpha value is -1.39. The Bertz CT molecular complexity index is 480. The van der Waals surface area contributed by atoms with Crippen molar-refractivity contribution in [3.05, 3.63) is 35.4 Å². The molecular formula is C16H23N3O. The molecule has 20 heavy (non-hydrogen) atoms. The summed E-state index contributed by atoms with van der Waals surface area (Å²) >= 11 is 0. The number of nitrogens with zero attached hydrogens (tertiary/aromatic N) is 2. The summed E-state index contributed by atoms with van der Waals surface area (Å²) in [7, 11) is 2.11. The molecule has 2 heterocycles. The predicted octanol–water partition coefficient (Wildman–Crippen LogP) is 0.865. The van der Waals surface area contributed by atoms with Crippen molar-refractivity contribution < 1.29 is 4.79 Å². The molecule has 1 aromatic carbocycles. The van der Waals surface area contributed by atoms with Gasteiger partial charge in [0.1, 0.15) is 0 Å². The van der Waals surface area contributed by atoms with Crippen LogP contribution in [0.5, 0.6) is 0 Å². The lowest BCUT2D eigenvalue weighted by Gasteiger charge is -2.34. The fourth-order valence-electron chi connectivity index (χ4n) is 3.06. The molecule has 4 heteroatoms. The molecule has 0 radical (unpaired) electrons. The molecule has 1 saturated heterocycles. The lowest BCUT2D eigenvalue weighted by atomic mass is 9.94. The number of hydrogen-bond acceptors (Lipinski definition) is 3. The number of piperazine rings is 1. The Labute approximate surface area is 120 Å². The molecule has 3 rings (SSSR count). The Morgan fingerprint density at radius 3 is 2.65 bits per heavy atom. The van der Waals surface area contributed by atoms with Crippen molar-refractivity contribution in [1.82, 2.24) is 15.1 Å². The smallest absolute Gasteiger partial charge is 0.224 e. The number of hydrogen-bond donors (Lipinski definition) is 1. The highest BCUT2D eigenvalue weighted by atomic mass is 16.2. The molecule has 4 nitrogen and oxygen atoms in total. The first-order valence-electron chi connectivity index (χ1n) is 7.49. The average molecular weight is 273 g/mol. The van der Waals surface area contributed by atoms with Crippen LogP contribution in [0.4, 0.5) is 0 Å². The fourth-order valence-corrected chi connectivity index (χ4v) is 3.06. The first kappa shape index (κ1) is 13.6. The number of likely N-dealkylation sites (N-methyl/N-ethyl adjacent to an activating group) is 1. The van der Waals surface area contributed by atoms with Crippen molar-refractivity contribution >= 4 is 5.91 Å². The topological polar surface area (TPSA) is 35.6 Å². The van der Waals surface area contributed by atoms with Crippen LogP contribution in [0.1, 0.15) is 17.5 Å². The van der Waals surface area contributed by atoms with Gasteiger partial charge in [-0.1, -0.05) is 24.3 Å². The molecule has 2 aliphatic heterocycles. The Balaban J connectivity index is 1.55. The van der Waals surface area contributed by atoms with E-state index in [4.69, 9.17) is 0 Å². The minimum absolute atomic E-state index is 0.289. The molecule has 1 unspecified atom stereocenters. The van der Waals surface area contributed by atoms with Gasteiger partial charge in [-0.15, -0.1) is 0 Å². The lowest BCUT2D eigenvalue weighted by Crippen LogP contribution is -2.49. The maximum atomic E-state index is 12.4. The third-order valence-electron chi connectivity index (χ3n) is 4.44. The molecule has 0 bridgehead atoms. The summed E-state index contributed by atoms with van der Waals surface area (Å²) in [4.78, 5) is 16.6. The van der Waals surface area contributed by atoms with E-state index in [0.717, 1.165) is 39.1 Å². The van der Waals surface area contributed by atoms with Crippen molar-refractivity contribution in [2.75, 3.05) is 33.2 Å². The summed E-state index contributed by atoms with van der Waals surface area (Å²) in [5.74, 6) is 0.301. The average Bonchev–Trinajstić information content (AvgIpc) is 2.48. The number of carbonyl (C=O) groups excluding carboxylic acids is 1. The fraction of sp³-hybridized carbons (Fsp3) is 0.562. The molecule has 1 atom stereocenters. The number of fused-ring (bicyclic) bond motifs is 1. The SMILES string of the molecule is CN1CCN(C(=O)CC2Cc3ccccc3CN2)CC1. The van der Waals surface area contributed by atoms with Crippen molar-refractivity contribution in [3.8, 4) is 0 Å². The van der Waals surface area contributed by atoms with Crippen LogP contribution < -0.4 is 5.32 Å². The Morgan fingerprint density at radius 2 is 1.90 bits per heavy atom. The maximum Gasteiger partial charge on any atom is 0.224 e. The van der Waals surface area contributed by atoms with Gasteiger partial charge in [0.2, 0.25) is 5.91 Å². The summed E-state index contributed by atoms with van der Waals surface area (Å²) in [5, 5.41) is 3.50. The van der Waals surface area contributed by atoms with E-state index in [0.29, 0.717) is 12.3 Å². The van der Waals surface area contributed by atoms with Crippen molar-refractivity contribution in [2.45, 2.75) is 25.4 Å². The molecule has 108 valence electrons. The zero-order valence-corrected chi connectivity index (χ0v) is 12.1. The van der Waals surface area contributed by atoms with Crippen molar-refractivity contribution in [1.29, 1.82) is 0 Å². The second kappa shape index (κ2) is 5.94. The molecule has 0 aromatic heterocycles. The minimum atomic E-state index is 0.289. The van der Waals surface area contributed by atoms with E-state index in [1.54, 1.807) is 0 Å². The number of amides is 1. The van der Waals surface area contributed by atoms with Gasteiger partial charge in [0.05, 0.1) is 0 Å². The molecule has 1 fully saturated rings. The normalized spacial score (nSPS) is 23.4. The van der Waals surface area contributed by atoms with Crippen LogP contribution in [0.3, 0.4) is 0 Å². The van der Waals surface area contributed by atoms with E-state index in [1.807, 2.05) is 4.90 Å². The minimum Gasteiger partial charge on any atom is -0.340 e. The predicted molar refractivity (Wildman–Crippen MR) is 79.5 cm³/mol. The number of benzene rings is 1. The maximum absolute atomic E-state index is 12.4. The van der Waals surface area contributed by atoms with E-state index in [-0.39, 0.29) is 6.04 Å². The third-order valence-corrected chi connectivity index (χ3v) is 4.44. The Morgan fingerprint density at radius 1 is 1.20 bits per heavy atom. The van der Waals surface area contributed by atoms with E-state index >= 15 is 0 Å². The number of rotatable bonds is 2. The highest BCUT2D eigenvalue weighted by molar-refractivity contribution is 5.77. The largest absolute Gasteiger partial charge is 0.340 e. The monoisotopic (exact) mass is 273 g/mol. The zero-order valence-electron chi connectivity index (χ0n) is 12.1. The first-order valence-corrected chi connectivity index (χ1v) is 7.49. The van der Waals surface area contributed by atoms with Crippen LogP contribution in [-0.4, -0.2) is 55.0 Å². The van der Waals surface area contributed by atoms with Gasteiger partial charge in [-0.25, -0.2) is 0 Å². The molecule has 0 spiro atoms. The zero-order chi connectivity index (χ0) is 13.9. The summed E-state index contributed by atoms with van der Waals surface area (Å²) < 4.78 is 0. The second-order valence-corrected chi connectivity index (χ2v) is 5.94.